The molecular weight excluding hydrogens is 468 g/mol. The van der Waals surface area contributed by atoms with Gasteiger partial charge in [-0.15, -0.1) is 0 Å². The molecule has 7 heteroatoms. The minimum Gasteiger partial charge on any atom is -0.496 e. The molecule has 0 aromatic heterocycles. The molecule has 3 aromatic carbocycles. The van der Waals surface area contributed by atoms with Gasteiger partial charge in [-0.25, -0.2) is 0 Å². The Balaban J connectivity index is 1.60. The van der Waals surface area contributed by atoms with Crippen molar-refractivity contribution in [1.82, 2.24) is 0 Å². The second-order valence-corrected chi connectivity index (χ2v) is 9.14. The second kappa shape index (κ2) is 10.4. The highest BCUT2D eigenvalue weighted by Crippen LogP contribution is 2.46. The van der Waals surface area contributed by atoms with Crippen LogP contribution in [0.15, 0.2) is 78.0 Å². The second-order valence-electron chi connectivity index (χ2n) is 9.14. The van der Waals surface area contributed by atoms with Crippen LogP contribution in [0.4, 0.5) is 11.4 Å². The number of esters is 1. The number of hydrogen-bond donors (Lipinski definition) is 2. The van der Waals surface area contributed by atoms with Crippen molar-refractivity contribution in [2.75, 3.05) is 24.4 Å². The van der Waals surface area contributed by atoms with Crippen LogP contribution >= 0.6 is 0 Å². The van der Waals surface area contributed by atoms with E-state index in [1.165, 1.54) is 6.92 Å². The van der Waals surface area contributed by atoms with E-state index in [4.69, 9.17) is 14.2 Å². The Kier molecular flexibility index (Phi) is 6.86. The summed E-state index contributed by atoms with van der Waals surface area (Å²) in [6.07, 6.45) is 1.04. The molecule has 0 saturated heterocycles. The Morgan fingerprint density at radius 3 is 2.46 bits per heavy atom. The number of benzene rings is 3. The SMILES string of the molecule is CCOc1cc(C2Nc3ccccc3NC3=C2C(=O)CC(c2ccccc2OC)C3)ccc1OC(C)=O. The summed E-state index contributed by atoms with van der Waals surface area (Å²) in [6, 6.07) is 20.8. The first-order chi connectivity index (χ1) is 18.0. The number of methoxy groups -OCH3 is 1. The van der Waals surface area contributed by atoms with Gasteiger partial charge in [0.25, 0.3) is 0 Å². The van der Waals surface area contributed by atoms with E-state index in [-0.39, 0.29) is 11.7 Å². The van der Waals surface area contributed by atoms with Crippen LogP contribution < -0.4 is 24.8 Å². The maximum absolute atomic E-state index is 13.8. The van der Waals surface area contributed by atoms with E-state index >= 15 is 0 Å². The Labute approximate surface area is 216 Å². The summed E-state index contributed by atoms with van der Waals surface area (Å²) in [5.74, 6) is 1.23. The van der Waals surface area contributed by atoms with E-state index in [0.717, 1.165) is 33.9 Å². The van der Waals surface area contributed by atoms with Crippen LogP contribution in [0, 0.1) is 0 Å². The standard InChI is InChI=1S/C30H30N2O5/c1-4-36-28-17-19(13-14-27(28)37-18(2)33)30-29-24(31-22-10-6-7-11-23(22)32-30)15-20(16-25(29)34)21-9-5-8-12-26(21)35-3/h5-14,17,20,30-32H,4,15-16H2,1-3H3. The molecule has 2 unspecified atom stereocenters. The van der Waals surface area contributed by atoms with Crippen LogP contribution in [-0.4, -0.2) is 25.5 Å². The summed E-state index contributed by atoms with van der Waals surface area (Å²) >= 11 is 0. The van der Waals surface area contributed by atoms with Gasteiger partial charge in [-0.3, -0.25) is 9.59 Å². The van der Waals surface area contributed by atoms with Crippen LogP contribution in [0.5, 0.6) is 17.2 Å². The fourth-order valence-corrected chi connectivity index (χ4v) is 5.18. The molecule has 1 heterocycles. The van der Waals surface area contributed by atoms with Crippen LogP contribution in [0.3, 0.4) is 0 Å². The van der Waals surface area contributed by atoms with Gasteiger partial charge in [0.2, 0.25) is 0 Å². The lowest BCUT2D eigenvalue weighted by molar-refractivity contribution is -0.132. The zero-order chi connectivity index (χ0) is 25.9. The summed E-state index contributed by atoms with van der Waals surface area (Å²) in [5.41, 5.74) is 5.26. The third kappa shape index (κ3) is 4.89. The molecule has 0 fully saturated rings. The summed E-state index contributed by atoms with van der Waals surface area (Å²) in [4.78, 5) is 25.4. The predicted molar refractivity (Wildman–Crippen MR) is 142 cm³/mol. The first-order valence-electron chi connectivity index (χ1n) is 12.4. The van der Waals surface area contributed by atoms with Crippen molar-refractivity contribution in [3.05, 3.63) is 89.1 Å². The van der Waals surface area contributed by atoms with Gasteiger partial charge in [-0.1, -0.05) is 36.4 Å². The van der Waals surface area contributed by atoms with E-state index in [1.807, 2.05) is 67.6 Å². The predicted octanol–water partition coefficient (Wildman–Crippen LogP) is 6.00. The quantitative estimate of drug-likeness (QED) is 0.318. The number of para-hydroxylation sites is 3. The largest absolute Gasteiger partial charge is 0.496 e. The van der Waals surface area contributed by atoms with Crippen molar-refractivity contribution in [3.8, 4) is 17.2 Å². The number of nitrogens with one attached hydrogen (secondary N) is 2. The van der Waals surface area contributed by atoms with Crippen molar-refractivity contribution in [1.29, 1.82) is 0 Å². The Hall–Kier alpha value is -4.26. The Morgan fingerprint density at radius 2 is 1.70 bits per heavy atom. The summed E-state index contributed by atoms with van der Waals surface area (Å²) in [7, 11) is 1.66. The summed E-state index contributed by atoms with van der Waals surface area (Å²) < 4.78 is 16.8. The van der Waals surface area contributed by atoms with Gasteiger partial charge in [-0.2, -0.15) is 0 Å². The van der Waals surface area contributed by atoms with Gasteiger partial charge in [0.1, 0.15) is 5.75 Å². The highest BCUT2D eigenvalue weighted by atomic mass is 16.6. The van der Waals surface area contributed by atoms with E-state index in [2.05, 4.69) is 10.6 Å². The molecule has 190 valence electrons. The molecule has 1 aliphatic heterocycles. The Bertz CT molecular complexity index is 1380. The first kappa shape index (κ1) is 24.4. The van der Waals surface area contributed by atoms with E-state index in [9.17, 15) is 9.59 Å². The molecule has 5 rings (SSSR count). The van der Waals surface area contributed by atoms with Crippen LogP contribution in [0.25, 0.3) is 0 Å². The van der Waals surface area contributed by atoms with Crippen LogP contribution in [0.1, 0.15) is 49.8 Å². The van der Waals surface area contributed by atoms with Crippen LogP contribution in [-0.2, 0) is 9.59 Å². The average molecular weight is 499 g/mol. The van der Waals surface area contributed by atoms with E-state index in [1.54, 1.807) is 13.2 Å². The molecule has 37 heavy (non-hydrogen) atoms. The number of Topliss-reactive ketones (excluding diaryl/α,β-unsaturated/α-hetero) is 1. The molecule has 0 saturated carbocycles. The fraction of sp³-hybridized carbons (Fsp3) is 0.267. The van der Waals surface area contributed by atoms with Crippen molar-refractivity contribution < 1.29 is 23.8 Å². The Morgan fingerprint density at radius 1 is 0.946 bits per heavy atom. The minimum atomic E-state index is -0.422. The number of ether oxygens (including phenoxy) is 3. The smallest absolute Gasteiger partial charge is 0.308 e. The van der Waals surface area contributed by atoms with Crippen molar-refractivity contribution in [3.63, 3.8) is 0 Å². The van der Waals surface area contributed by atoms with Gasteiger partial charge in [0.15, 0.2) is 17.3 Å². The number of hydrogen-bond acceptors (Lipinski definition) is 7. The van der Waals surface area contributed by atoms with Gasteiger partial charge >= 0.3 is 5.97 Å². The highest BCUT2D eigenvalue weighted by molar-refractivity contribution is 6.01. The molecule has 2 aliphatic rings. The lowest BCUT2D eigenvalue weighted by Gasteiger charge is -2.30. The number of allylic oxidation sites excluding steroid dienone is 1. The monoisotopic (exact) mass is 498 g/mol. The van der Waals surface area contributed by atoms with Crippen molar-refractivity contribution >= 4 is 23.1 Å². The molecule has 0 amide bonds. The number of anilines is 2. The van der Waals surface area contributed by atoms with Crippen molar-refractivity contribution in [2.24, 2.45) is 0 Å². The third-order valence-corrected chi connectivity index (χ3v) is 6.74. The summed E-state index contributed by atoms with van der Waals surface area (Å²) in [5, 5.41) is 7.14. The lowest BCUT2D eigenvalue weighted by atomic mass is 9.78. The molecule has 0 radical (unpaired) electrons. The number of rotatable bonds is 6. The molecule has 2 atom stereocenters. The van der Waals surface area contributed by atoms with E-state index < -0.39 is 12.0 Å². The minimum absolute atomic E-state index is 0.00820. The van der Waals surface area contributed by atoms with Gasteiger partial charge in [0.05, 0.1) is 31.1 Å². The maximum Gasteiger partial charge on any atom is 0.308 e. The van der Waals surface area contributed by atoms with Gasteiger partial charge < -0.3 is 24.8 Å². The lowest BCUT2D eigenvalue weighted by Crippen LogP contribution is -2.27. The summed E-state index contributed by atoms with van der Waals surface area (Å²) in [6.45, 7) is 3.64. The van der Waals surface area contributed by atoms with E-state index in [0.29, 0.717) is 36.5 Å². The van der Waals surface area contributed by atoms with Crippen molar-refractivity contribution in [2.45, 2.75) is 38.6 Å². The zero-order valence-corrected chi connectivity index (χ0v) is 21.2. The fourth-order valence-electron chi connectivity index (χ4n) is 5.18. The van der Waals surface area contributed by atoms with Gasteiger partial charge in [0, 0.05) is 30.5 Å². The number of ketones is 1. The average Bonchev–Trinajstić information content (AvgIpc) is 3.06. The van der Waals surface area contributed by atoms with Gasteiger partial charge in [-0.05, 0) is 54.8 Å². The first-order valence-corrected chi connectivity index (χ1v) is 12.4. The highest BCUT2D eigenvalue weighted by Gasteiger charge is 2.37. The molecule has 0 spiro atoms. The molecule has 0 bridgehead atoms. The molecule has 7 nitrogen and oxygen atoms in total. The third-order valence-electron chi connectivity index (χ3n) is 6.74. The van der Waals surface area contributed by atoms with Crippen LogP contribution in [0.2, 0.25) is 0 Å². The molecular formula is C30H30N2O5. The topological polar surface area (TPSA) is 85.9 Å². The maximum atomic E-state index is 13.8. The number of carbonyl (C=O) groups is 2. The molecule has 2 N–H and O–H groups in total. The zero-order valence-electron chi connectivity index (χ0n) is 21.2. The molecule has 3 aromatic rings. The normalized spacial score (nSPS) is 18.5. The number of fused-ring (bicyclic) bond motifs is 1. The number of carbonyl (C=O) groups excluding carboxylic acids is 2. The molecule has 1 aliphatic carbocycles.